The van der Waals surface area contributed by atoms with Crippen molar-refractivity contribution in [2.75, 3.05) is 13.7 Å². The van der Waals surface area contributed by atoms with Gasteiger partial charge in [-0.05, 0) is 5.56 Å². The Morgan fingerprint density at radius 3 is 2.68 bits per heavy atom. The Morgan fingerprint density at radius 2 is 2.16 bits per heavy atom. The molecule has 0 saturated carbocycles. The van der Waals surface area contributed by atoms with Crippen molar-refractivity contribution in [3.63, 3.8) is 0 Å². The Bertz CT molecular complexity index is 433. The summed E-state index contributed by atoms with van der Waals surface area (Å²) in [5.74, 6) is -1.06. The van der Waals surface area contributed by atoms with Gasteiger partial charge in [-0.3, -0.25) is 4.79 Å². The fourth-order valence-corrected chi connectivity index (χ4v) is 1.21. The molecular formula is C12H17N3O4. The Labute approximate surface area is 111 Å². The van der Waals surface area contributed by atoms with Crippen LogP contribution in [-0.2, 0) is 11.3 Å². The van der Waals surface area contributed by atoms with Crippen molar-refractivity contribution in [3.05, 3.63) is 23.9 Å². The van der Waals surface area contributed by atoms with Crippen LogP contribution < -0.4 is 15.4 Å². The first-order valence-electron chi connectivity index (χ1n) is 5.76. The molecule has 1 atom stereocenters. The van der Waals surface area contributed by atoms with Crippen molar-refractivity contribution >= 4 is 12.0 Å². The number of methoxy groups -OCH3 is 1. The van der Waals surface area contributed by atoms with Crippen LogP contribution in [-0.4, -0.2) is 35.7 Å². The van der Waals surface area contributed by atoms with Crippen molar-refractivity contribution in [2.45, 2.75) is 13.5 Å². The molecule has 1 rings (SSSR count). The lowest BCUT2D eigenvalue weighted by Crippen LogP contribution is -2.38. The van der Waals surface area contributed by atoms with Gasteiger partial charge >= 0.3 is 12.0 Å². The maximum atomic E-state index is 11.4. The number of aliphatic carboxylic acids is 1. The molecule has 0 bridgehead atoms. The zero-order valence-corrected chi connectivity index (χ0v) is 10.8. The van der Waals surface area contributed by atoms with Gasteiger partial charge in [-0.1, -0.05) is 13.0 Å². The molecule has 104 valence electrons. The van der Waals surface area contributed by atoms with E-state index in [1.54, 1.807) is 18.3 Å². The predicted molar refractivity (Wildman–Crippen MR) is 67.8 cm³/mol. The van der Waals surface area contributed by atoms with E-state index in [0.29, 0.717) is 12.4 Å². The Kier molecular flexibility index (Phi) is 5.59. The molecule has 0 saturated heterocycles. The van der Waals surface area contributed by atoms with E-state index in [0.717, 1.165) is 5.56 Å². The molecular weight excluding hydrogens is 250 g/mol. The van der Waals surface area contributed by atoms with Gasteiger partial charge in [0.05, 0.1) is 13.0 Å². The van der Waals surface area contributed by atoms with Crippen LogP contribution in [0.5, 0.6) is 5.88 Å². The molecule has 0 aromatic carbocycles. The molecule has 1 aromatic rings. The predicted octanol–water partition coefficient (Wildman–Crippen LogP) is 0.610. The lowest BCUT2D eigenvalue weighted by molar-refractivity contribution is -0.140. The van der Waals surface area contributed by atoms with Crippen LogP contribution >= 0.6 is 0 Å². The Morgan fingerprint density at radius 1 is 1.42 bits per heavy atom. The van der Waals surface area contributed by atoms with Crippen LogP contribution in [0.25, 0.3) is 0 Å². The zero-order chi connectivity index (χ0) is 14.3. The minimum absolute atomic E-state index is 0.0853. The molecule has 0 aliphatic carbocycles. The second-order valence-electron chi connectivity index (χ2n) is 4.01. The summed E-state index contributed by atoms with van der Waals surface area (Å²) in [4.78, 5) is 26.0. The van der Waals surface area contributed by atoms with Gasteiger partial charge in [-0.15, -0.1) is 0 Å². The largest absolute Gasteiger partial charge is 0.481 e. The van der Waals surface area contributed by atoms with Crippen molar-refractivity contribution in [1.82, 2.24) is 15.6 Å². The number of aromatic nitrogens is 1. The second-order valence-corrected chi connectivity index (χ2v) is 4.01. The summed E-state index contributed by atoms with van der Waals surface area (Å²) in [6, 6.07) is 3.07. The number of nitrogens with zero attached hydrogens (tertiary/aromatic N) is 1. The fourth-order valence-electron chi connectivity index (χ4n) is 1.21. The minimum Gasteiger partial charge on any atom is -0.481 e. The van der Waals surface area contributed by atoms with Crippen molar-refractivity contribution in [3.8, 4) is 5.88 Å². The number of nitrogens with one attached hydrogen (secondary N) is 2. The molecule has 3 N–H and O–H groups in total. The van der Waals surface area contributed by atoms with Crippen LogP contribution in [0.1, 0.15) is 12.5 Å². The summed E-state index contributed by atoms with van der Waals surface area (Å²) in [6.45, 7) is 1.92. The average Bonchev–Trinajstić information content (AvgIpc) is 2.42. The molecule has 0 radical (unpaired) electrons. The molecule has 1 unspecified atom stereocenters. The second kappa shape index (κ2) is 7.20. The standard InChI is InChI=1S/C12H17N3O4/c1-8(11(16)17)5-14-12(18)15-7-9-3-4-10(19-2)13-6-9/h3-4,6,8H,5,7H2,1-2H3,(H,16,17)(H2,14,15,18). The van der Waals surface area contributed by atoms with Gasteiger partial charge in [-0.25, -0.2) is 9.78 Å². The molecule has 1 aromatic heterocycles. The lowest BCUT2D eigenvalue weighted by Gasteiger charge is -2.10. The third-order valence-electron chi connectivity index (χ3n) is 2.45. The van der Waals surface area contributed by atoms with E-state index in [-0.39, 0.29) is 6.54 Å². The number of pyridine rings is 1. The third-order valence-corrected chi connectivity index (χ3v) is 2.45. The SMILES string of the molecule is COc1ccc(CNC(=O)NCC(C)C(=O)O)cn1. The van der Waals surface area contributed by atoms with Crippen LogP contribution in [0.3, 0.4) is 0 Å². The summed E-state index contributed by atoms with van der Waals surface area (Å²) < 4.78 is 4.92. The van der Waals surface area contributed by atoms with Gasteiger partial charge in [0.1, 0.15) is 0 Å². The lowest BCUT2D eigenvalue weighted by atomic mass is 10.2. The highest BCUT2D eigenvalue weighted by Gasteiger charge is 2.11. The molecule has 0 aliphatic rings. The van der Waals surface area contributed by atoms with Gasteiger partial charge in [0.15, 0.2) is 0 Å². The molecule has 1 heterocycles. The van der Waals surface area contributed by atoms with E-state index in [9.17, 15) is 9.59 Å². The smallest absolute Gasteiger partial charge is 0.315 e. The average molecular weight is 267 g/mol. The number of carbonyl (C=O) groups excluding carboxylic acids is 1. The zero-order valence-electron chi connectivity index (χ0n) is 10.8. The number of ether oxygens (including phenoxy) is 1. The van der Waals surface area contributed by atoms with E-state index < -0.39 is 17.9 Å². The summed E-state index contributed by atoms with van der Waals surface area (Å²) in [7, 11) is 1.53. The number of hydrogen-bond acceptors (Lipinski definition) is 4. The van der Waals surface area contributed by atoms with Crippen LogP contribution in [0.15, 0.2) is 18.3 Å². The van der Waals surface area contributed by atoms with Crippen LogP contribution in [0, 0.1) is 5.92 Å². The molecule has 0 aliphatic heterocycles. The number of carboxylic acids is 1. The molecule has 0 fully saturated rings. The molecule has 19 heavy (non-hydrogen) atoms. The fraction of sp³-hybridized carbons (Fsp3) is 0.417. The van der Waals surface area contributed by atoms with E-state index in [4.69, 9.17) is 9.84 Å². The highest BCUT2D eigenvalue weighted by atomic mass is 16.5. The number of carboxylic acid groups (broad SMARTS) is 1. The Hall–Kier alpha value is -2.31. The van der Waals surface area contributed by atoms with Crippen LogP contribution in [0.4, 0.5) is 4.79 Å². The van der Waals surface area contributed by atoms with Gasteiger partial charge in [0.2, 0.25) is 5.88 Å². The monoisotopic (exact) mass is 267 g/mol. The van der Waals surface area contributed by atoms with Gasteiger partial charge < -0.3 is 20.5 Å². The summed E-state index contributed by atoms with van der Waals surface area (Å²) >= 11 is 0. The maximum Gasteiger partial charge on any atom is 0.315 e. The van der Waals surface area contributed by atoms with Gasteiger partial charge in [0, 0.05) is 25.4 Å². The Balaban J connectivity index is 2.31. The van der Waals surface area contributed by atoms with E-state index in [2.05, 4.69) is 15.6 Å². The topological polar surface area (TPSA) is 101 Å². The van der Waals surface area contributed by atoms with Crippen LogP contribution in [0.2, 0.25) is 0 Å². The highest BCUT2D eigenvalue weighted by molar-refractivity contribution is 5.75. The first kappa shape index (κ1) is 14.7. The highest BCUT2D eigenvalue weighted by Crippen LogP contribution is 2.05. The maximum absolute atomic E-state index is 11.4. The summed E-state index contributed by atoms with van der Waals surface area (Å²) in [5, 5.41) is 13.7. The number of carbonyl (C=O) groups is 2. The summed E-state index contributed by atoms with van der Waals surface area (Å²) in [6.07, 6.45) is 1.60. The third kappa shape index (κ3) is 5.24. The van der Waals surface area contributed by atoms with E-state index in [1.807, 2.05) is 0 Å². The van der Waals surface area contributed by atoms with Crippen molar-refractivity contribution < 1.29 is 19.4 Å². The van der Waals surface area contributed by atoms with Gasteiger partial charge in [0.25, 0.3) is 0 Å². The van der Waals surface area contributed by atoms with E-state index >= 15 is 0 Å². The molecule has 7 nitrogen and oxygen atoms in total. The molecule has 0 spiro atoms. The number of rotatable bonds is 6. The van der Waals surface area contributed by atoms with Gasteiger partial charge in [-0.2, -0.15) is 0 Å². The molecule has 2 amide bonds. The van der Waals surface area contributed by atoms with Crippen molar-refractivity contribution in [1.29, 1.82) is 0 Å². The summed E-state index contributed by atoms with van der Waals surface area (Å²) in [5.41, 5.74) is 0.822. The van der Waals surface area contributed by atoms with Crippen molar-refractivity contribution in [2.24, 2.45) is 5.92 Å². The minimum atomic E-state index is -0.945. The number of hydrogen-bond donors (Lipinski definition) is 3. The normalized spacial score (nSPS) is 11.5. The first-order chi connectivity index (χ1) is 9.02. The first-order valence-corrected chi connectivity index (χ1v) is 5.76. The quantitative estimate of drug-likeness (QED) is 0.701. The van der Waals surface area contributed by atoms with E-state index in [1.165, 1.54) is 14.0 Å². The number of urea groups is 1. The number of amides is 2. The molecule has 7 heteroatoms.